The van der Waals surface area contributed by atoms with E-state index in [0.29, 0.717) is 12.5 Å². The maximum Gasteiger partial charge on any atom is 0.414 e. The number of rotatable bonds is 8. The molecule has 0 saturated heterocycles. The molecule has 0 aromatic heterocycles. The quantitative estimate of drug-likeness (QED) is 0.310. The van der Waals surface area contributed by atoms with Gasteiger partial charge in [-0.05, 0) is 101 Å². The molecule has 1 aliphatic rings. The number of hydrogen-bond donors (Lipinski definition) is 2. The van der Waals surface area contributed by atoms with Crippen LogP contribution in [0.1, 0.15) is 67.5 Å². The van der Waals surface area contributed by atoms with Crippen LogP contribution in [0.4, 0.5) is 10.5 Å². The van der Waals surface area contributed by atoms with E-state index in [9.17, 15) is 4.79 Å². The number of amides is 1. The number of benzene rings is 3. The Labute approximate surface area is 238 Å². The summed E-state index contributed by atoms with van der Waals surface area (Å²) in [5, 5.41) is 6.41. The topological polar surface area (TPSA) is 75.2 Å². The Morgan fingerprint density at radius 3 is 2.40 bits per heavy atom. The second kappa shape index (κ2) is 12.6. The first kappa shape index (κ1) is 29.2. The van der Waals surface area contributed by atoms with Crippen LogP contribution >= 0.6 is 0 Å². The van der Waals surface area contributed by atoms with Crippen molar-refractivity contribution in [3.63, 3.8) is 0 Å². The lowest BCUT2D eigenvalue weighted by Crippen LogP contribution is -2.47. The van der Waals surface area contributed by atoms with Crippen LogP contribution in [0.2, 0.25) is 0 Å². The molecule has 0 atom stereocenters. The minimum atomic E-state index is -0.578. The van der Waals surface area contributed by atoms with E-state index in [1.54, 1.807) is 0 Å². The van der Waals surface area contributed by atoms with Crippen molar-refractivity contribution in [2.75, 3.05) is 6.54 Å². The van der Waals surface area contributed by atoms with Crippen molar-refractivity contribution in [1.29, 1.82) is 0 Å². The van der Waals surface area contributed by atoms with Gasteiger partial charge in [0.2, 0.25) is 5.96 Å². The van der Waals surface area contributed by atoms with Gasteiger partial charge in [-0.3, -0.25) is 5.32 Å². The maximum absolute atomic E-state index is 12.4. The van der Waals surface area contributed by atoms with Gasteiger partial charge in [-0.15, -0.1) is 0 Å². The maximum atomic E-state index is 12.4. The molecule has 1 amide bonds. The molecule has 212 valence electrons. The number of nitrogens with one attached hydrogen (secondary N) is 2. The van der Waals surface area contributed by atoms with Crippen molar-refractivity contribution in [2.45, 2.75) is 80.1 Å². The van der Waals surface area contributed by atoms with Crippen LogP contribution in [0, 0.1) is 20.8 Å². The van der Waals surface area contributed by atoms with Crippen LogP contribution in [-0.4, -0.2) is 29.1 Å². The largest absolute Gasteiger partial charge is 0.457 e. The molecular formula is C33H42N4O3. The van der Waals surface area contributed by atoms with Gasteiger partial charge < -0.3 is 19.7 Å². The van der Waals surface area contributed by atoms with Crippen molar-refractivity contribution in [3.05, 3.63) is 88.0 Å². The first-order valence-corrected chi connectivity index (χ1v) is 14.0. The van der Waals surface area contributed by atoms with E-state index in [0.717, 1.165) is 54.4 Å². The molecule has 0 spiro atoms. The van der Waals surface area contributed by atoms with Gasteiger partial charge in [0.1, 0.15) is 17.1 Å². The Balaban J connectivity index is 1.42. The lowest BCUT2D eigenvalue weighted by atomic mass is 10.00. The molecule has 7 nitrogen and oxygen atoms in total. The van der Waals surface area contributed by atoms with E-state index in [4.69, 9.17) is 14.5 Å². The summed E-state index contributed by atoms with van der Waals surface area (Å²) in [5.41, 5.74) is 7.74. The molecule has 0 unspecified atom stereocenters. The van der Waals surface area contributed by atoms with Crippen molar-refractivity contribution in [2.24, 2.45) is 4.99 Å². The molecule has 3 aromatic rings. The standard InChI is InChI=1S/C33H42N4O3/c1-8-14-37-21-26-18-28(12-13-30(26)35-31(37)36-32(38)40-33(5,6)7)39-27-11-9-10-25(17-27)19-34-20-29-23(3)15-22(2)16-24(29)4/h9-13,15-18,34H,8,14,19-21H2,1-7H3,(H,35,36,38). The Hall–Kier alpha value is -3.84. The summed E-state index contributed by atoms with van der Waals surface area (Å²) < 4.78 is 11.7. The Morgan fingerprint density at radius 1 is 0.975 bits per heavy atom. The van der Waals surface area contributed by atoms with E-state index in [2.05, 4.69) is 67.5 Å². The zero-order chi connectivity index (χ0) is 28.9. The summed E-state index contributed by atoms with van der Waals surface area (Å²) in [4.78, 5) is 19.2. The number of fused-ring (bicyclic) bond motifs is 1. The summed E-state index contributed by atoms with van der Waals surface area (Å²) >= 11 is 0. The number of carbonyl (C=O) groups excluding carboxylic acids is 1. The van der Waals surface area contributed by atoms with E-state index >= 15 is 0 Å². The van der Waals surface area contributed by atoms with Crippen LogP contribution in [0.3, 0.4) is 0 Å². The number of carbonyl (C=O) groups is 1. The minimum Gasteiger partial charge on any atom is -0.457 e. The van der Waals surface area contributed by atoms with Crippen molar-refractivity contribution in [1.82, 2.24) is 15.5 Å². The molecule has 2 N–H and O–H groups in total. The molecule has 1 aliphatic heterocycles. The van der Waals surface area contributed by atoms with Crippen LogP contribution in [0.5, 0.6) is 11.5 Å². The molecule has 1 heterocycles. The first-order chi connectivity index (χ1) is 19.0. The molecule has 0 fully saturated rings. The predicted molar refractivity (Wildman–Crippen MR) is 161 cm³/mol. The zero-order valence-corrected chi connectivity index (χ0v) is 24.9. The monoisotopic (exact) mass is 542 g/mol. The molecule has 0 saturated carbocycles. The minimum absolute atomic E-state index is 0.505. The molecule has 0 bridgehead atoms. The van der Waals surface area contributed by atoms with E-state index in [1.807, 2.05) is 51.1 Å². The number of aryl methyl sites for hydroxylation is 3. The molecule has 40 heavy (non-hydrogen) atoms. The van der Waals surface area contributed by atoms with Gasteiger partial charge >= 0.3 is 6.09 Å². The Bertz CT molecular complexity index is 1370. The number of aliphatic imine (C=N–C) groups is 1. The van der Waals surface area contributed by atoms with E-state index < -0.39 is 11.7 Å². The predicted octanol–water partition coefficient (Wildman–Crippen LogP) is 7.43. The fraction of sp³-hybridized carbons (Fsp3) is 0.394. The molecule has 7 heteroatoms. The summed E-state index contributed by atoms with van der Waals surface area (Å²) in [7, 11) is 0. The van der Waals surface area contributed by atoms with Gasteiger partial charge in [0.05, 0.1) is 5.69 Å². The zero-order valence-electron chi connectivity index (χ0n) is 24.9. The summed E-state index contributed by atoms with van der Waals surface area (Å²) in [6.07, 6.45) is 0.416. The average molecular weight is 543 g/mol. The van der Waals surface area contributed by atoms with Crippen LogP contribution in [0.25, 0.3) is 0 Å². The smallest absolute Gasteiger partial charge is 0.414 e. The lowest BCUT2D eigenvalue weighted by molar-refractivity contribution is 0.0555. The highest BCUT2D eigenvalue weighted by Crippen LogP contribution is 2.32. The number of ether oxygens (including phenoxy) is 2. The first-order valence-electron chi connectivity index (χ1n) is 14.0. The van der Waals surface area contributed by atoms with Crippen LogP contribution in [0.15, 0.2) is 59.6 Å². The normalized spacial score (nSPS) is 13.0. The fourth-order valence-electron chi connectivity index (χ4n) is 4.96. The van der Waals surface area contributed by atoms with Gasteiger partial charge in [0.25, 0.3) is 0 Å². The third-order valence-electron chi connectivity index (χ3n) is 6.65. The SMILES string of the molecule is CCCN1Cc2cc(Oc3cccc(CNCc4c(C)cc(C)cc4C)c3)ccc2N=C1NC(=O)OC(C)(C)C. The third-order valence-corrected chi connectivity index (χ3v) is 6.65. The average Bonchev–Trinajstić information content (AvgIpc) is 2.85. The van der Waals surface area contributed by atoms with Crippen molar-refractivity contribution >= 4 is 17.7 Å². The Kier molecular flexibility index (Phi) is 9.15. The van der Waals surface area contributed by atoms with Crippen LogP contribution < -0.4 is 15.4 Å². The summed E-state index contributed by atoms with van der Waals surface area (Å²) in [5.74, 6) is 2.05. The van der Waals surface area contributed by atoms with E-state index in [-0.39, 0.29) is 0 Å². The number of nitrogens with zero attached hydrogens (tertiary/aromatic N) is 2. The Morgan fingerprint density at radius 2 is 1.70 bits per heavy atom. The molecule has 0 aliphatic carbocycles. The van der Waals surface area contributed by atoms with Crippen molar-refractivity contribution < 1.29 is 14.3 Å². The summed E-state index contributed by atoms with van der Waals surface area (Å²) in [6.45, 7) is 17.1. The highest BCUT2D eigenvalue weighted by molar-refractivity contribution is 5.96. The third kappa shape index (κ3) is 7.85. The van der Waals surface area contributed by atoms with Crippen molar-refractivity contribution in [3.8, 4) is 11.5 Å². The lowest BCUT2D eigenvalue weighted by Gasteiger charge is -2.31. The highest BCUT2D eigenvalue weighted by Gasteiger charge is 2.24. The fourth-order valence-corrected chi connectivity index (χ4v) is 4.96. The molecular weight excluding hydrogens is 500 g/mol. The summed E-state index contributed by atoms with van der Waals surface area (Å²) in [6, 6.07) is 18.5. The second-order valence-electron chi connectivity index (χ2n) is 11.5. The highest BCUT2D eigenvalue weighted by atomic mass is 16.6. The number of hydrogen-bond acceptors (Lipinski definition) is 6. The van der Waals surface area contributed by atoms with Gasteiger partial charge in [0.15, 0.2) is 0 Å². The van der Waals surface area contributed by atoms with E-state index in [1.165, 1.54) is 22.3 Å². The number of alkyl carbamates (subject to hydrolysis) is 1. The molecule has 0 radical (unpaired) electrons. The number of guanidine groups is 1. The van der Waals surface area contributed by atoms with Gasteiger partial charge in [-0.25, -0.2) is 9.79 Å². The molecule has 3 aromatic carbocycles. The van der Waals surface area contributed by atoms with Gasteiger partial charge in [0, 0.05) is 31.7 Å². The van der Waals surface area contributed by atoms with Gasteiger partial charge in [-0.2, -0.15) is 0 Å². The van der Waals surface area contributed by atoms with Gasteiger partial charge in [-0.1, -0.05) is 36.8 Å². The molecule has 4 rings (SSSR count). The second-order valence-corrected chi connectivity index (χ2v) is 11.5. The van der Waals surface area contributed by atoms with Crippen LogP contribution in [-0.2, 0) is 24.4 Å².